The van der Waals surface area contributed by atoms with Crippen molar-refractivity contribution in [3.8, 4) is 11.8 Å². The number of hydrogen-bond acceptors (Lipinski definition) is 4. The van der Waals surface area contributed by atoms with Crippen molar-refractivity contribution in [1.29, 1.82) is 0 Å². The van der Waals surface area contributed by atoms with E-state index in [2.05, 4.69) is 17.2 Å². The first-order chi connectivity index (χ1) is 10.1. The number of rotatable bonds is 8. The van der Waals surface area contributed by atoms with Crippen molar-refractivity contribution in [3.05, 3.63) is 21.9 Å². The predicted octanol–water partition coefficient (Wildman–Crippen LogP) is 2.42. The van der Waals surface area contributed by atoms with E-state index in [0.29, 0.717) is 17.8 Å². The number of unbranched alkanes of at least 4 members (excludes halogenated alkanes) is 1. The molecule has 0 aliphatic heterocycles. The highest BCUT2D eigenvalue weighted by Crippen LogP contribution is 2.15. The van der Waals surface area contributed by atoms with Crippen LogP contribution in [-0.4, -0.2) is 36.9 Å². The van der Waals surface area contributed by atoms with E-state index in [1.807, 2.05) is 25.3 Å². The van der Waals surface area contributed by atoms with Crippen molar-refractivity contribution in [2.45, 2.75) is 39.2 Å². The van der Waals surface area contributed by atoms with Crippen LogP contribution in [0.4, 0.5) is 0 Å². The van der Waals surface area contributed by atoms with Crippen LogP contribution in [-0.2, 0) is 4.74 Å². The molecule has 21 heavy (non-hydrogen) atoms. The molecule has 1 aromatic rings. The zero-order valence-corrected chi connectivity index (χ0v) is 13.5. The number of ether oxygens (including phenoxy) is 1. The van der Waals surface area contributed by atoms with E-state index in [0.717, 1.165) is 25.0 Å². The summed E-state index contributed by atoms with van der Waals surface area (Å²) in [6.45, 7) is 5.43. The number of aliphatic hydroxyl groups is 1. The van der Waals surface area contributed by atoms with Crippen LogP contribution in [0.1, 0.15) is 48.3 Å². The van der Waals surface area contributed by atoms with Gasteiger partial charge in [-0.2, -0.15) is 0 Å². The largest absolute Gasteiger partial charge is 0.395 e. The lowest BCUT2D eigenvalue weighted by molar-refractivity contribution is 0.0754. The summed E-state index contributed by atoms with van der Waals surface area (Å²) in [5, 5.41) is 13.5. The van der Waals surface area contributed by atoms with Crippen LogP contribution in [0.2, 0.25) is 0 Å². The quantitative estimate of drug-likeness (QED) is 0.573. The van der Waals surface area contributed by atoms with E-state index >= 15 is 0 Å². The Labute approximate surface area is 130 Å². The fourth-order valence-corrected chi connectivity index (χ4v) is 2.39. The summed E-state index contributed by atoms with van der Waals surface area (Å²) in [6.07, 6.45) is 2.51. The maximum absolute atomic E-state index is 12.1. The van der Waals surface area contributed by atoms with Gasteiger partial charge in [-0.25, -0.2) is 0 Å². The summed E-state index contributed by atoms with van der Waals surface area (Å²) < 4.78 is 5.45. The molecule has 0 atom stereocenters. The van der Waals surface area contributed by atoms with Crippen LogP contribution in [0.3, 0.4) is 0 Å². The number of nitrogens with one attached hydrogen (secondary N) is 1. The lowest BCUT2D eigenvalue weighted by atomic mass is 10.2. The third kappa shape index (κ3) is 7.28. The third-order valence-electron chi connectivity index (χ3n) is 2.64. The molecule has 0 fully saturated rings. The minimum Gasteiger partial charge on any atom is -0.395 e. The fraction of sp³-hybridized carbons (Fsp3) is 0.562. The molecule has 0 unspecified atom stereocenters. The van der Waals surface area contributed by atoms with E-state index in [1.165, 1.54) is 11.3 Å². The van der Waals surface area contributed by atoms with Gasteiger partial charge >= 0.3 is 0 Å². The van der Waals surface area contributed by atoms with Crippen molar-refractivity contribution in [2.24, 2.45) is 0 Å². The van der Waals surface area contributed by atoms with Gasteiger partial charge in [0.1, 0.15) is 4.88 Å². The van der Waals surface area contributed by atoms with Gasteiger partial charge in [0.25, 0.3) is 5.91 Å². The molecule has 0 aliphatic carbocycles. The summed E-state index contributed by atoms with van der Waals surface area (Å²) in [5.74, 6) is 5.67. The molecule has 0 saturated carbocycles. The Morgan fingerprint density at radius 1 is 1.48 bits per heavy atom. The molecule has 1 rings (SSSR count). The van der Waals surface area contributed by atoms with E-state index < -0.39 is 0 Å². The Kier molecular flexibility index (Phi) is 8.76. The molecule has 2 N–H and O–H groups in total. The first kappa shape index (κ1) is 17.7. The molecule has 1 heterocycles. The van der Waals surface area contributed by atoms with Crippen molar-refractivity contribution in [1.82, 2.24) is 5.32 Å². The molecule has 0 aromatic carbocycles. The van der Waals surface area contributed by atoms with Crippen molar-refractivity contribution < 1.29 is 14.6 Å². The molecule has 0 bridgehead atoms. The number of hydrogen-bond donors (Lipinski definition) is 2. The predicted molar refractivity (Wildman–Crippen MR) is 85.6 cm³/mol. The van der Waals surface area contributed by atoms with Crippen LogP contribution in [0.25, 0.3) is 0 Å². The maximum atomic E-state index is 12.1. The summed E-state index contributed by atoms with van der Waals surface area (Å²) in [6, 6.07) is 1.83. The Balaban J connectivity index is 2.33. The van der Waals surface area contributed by atoms with Crippen LogP contribution in [0.5, 0.6) is 0 Å². The molecule has 0 radical (unpaired) electrons. The third-order valence-corrected chi connectivity index (χ3v) is 3.55. The first-order valence-electron chi connectivity index (χ1n) is 7.22. The molecule has 0 aliphatic rings. The highest BCUT2D eigenvalue weighted by molar-refractivity contribution is 7.12. The monoisotopic (exact) mass is 309 g/mol. The highest BCUT2D eigenvalue weighted by atomic mass is 32.1. The SMILES string of the molecule is CC(C)OCCCCNC(=O)c1sccc1C#CCCO. The number of carbonyl (C=O) groups is 1. The molecular formula is C16H23NO3S. The lowest BCUT2D eigenvalue weighted by Gasteiger charge is -2.07. The summed E-state index contributed by atoms with van der Waals surface area (Å²) in [4.78, 5) is 12.7. The second-order valence-corrected chi connectivity index (χ2v) is 5.74. The maximum Gasteiger partial charge on any atom is 0.262 e. The zero-order chi connectivity index (χ0) is 15.5. The minimum atomic E-state index is -0.0805. The lowest BCUT2D eigenvalue weighted by Crippen LogP contribution is -2.24. The van der Waals surface area contributed by atoms with E-state index in [1.54, 1.807) is 0 Å². The van der Waals surface area contributed by atoms with Gasteiger partial charge in [0.15, 0.2) is 0 Å². The van der Waals surface area contributed by atoms with Crippen LogP contribution in [0.15, 0.2) is 11.4 Å². The molecule has 0 saturated heterocycles. The zero-order valence-electron chi connectivity index (χ0n) is 12.6. The van der Waals surface area contributed by atoms with Gasteiger partial charge in [-0.1, -0.05) is 11.8 Å². The average Bonchev–Trinajstić information content (AvgIpc) is 2.91. The topological polar surface area (TPSA) is 58.6 Å². The van der Waals surface area contributed by atoms with E-state index in [-0.39, 0.29) is 18.6 Å². The number of amides is 1. The molecule has 116 valence electrons. The van der Waals surface area contributed by atoms with Gasteiger partial charge < -0.3 is 15.2 Å². The van der Waals surface area contributed by atoms with Crippen molar-refractivity contribution in [3.63, 3.8) is 0 Å². The average molecular weight is 309 g/mol. The first-order valence-corrected chi connectivity index (χ1v) is 8.10. The Morgan fingerprint density at radius 3 is 3.00 bits per heavy atom. The molecule has 0 spiro atoms. The van der Waals surface area contributed by atoms with E-state index in [4.69, 9.17) is 9.84 Å². The van der Waals surface area contributed by atoms with Gasteiger partial charge in [-0.05, 0) is 38.1 Å². The van der Waals surface area contributed by atoms with Gasteiger partial charge in [-0.15, -0.1) is 11.3 Å². The molecule has 5 heteroatoms. The van der Waals surface area contributed by atoms with Crippen LogP contribution < -0.4 is 5.32 Å². The molecule has 1 aromatic heterocycles. The van der Waals surface area contributed by atoms with Crippen molar-refractivity contribution >= 4 is 17.2 Å². The summed E-state index contributed by atoms with van der Waals surface area (Å²) in [5.41, 5.74) is 0.731. The number of carbonyl (C=O) groups excluding carboxylic acids is 1. The summed E-state index contributed by atoms with van der Waals surface area (Å²) >= 11 is 1.39. The number of thiophene rings is 1. The standard InChI is InChI=1S/C16H23NO3S/c1-13(2)20-11-6-4-9-17-16(19)15-14(8-12-21-15)7-3-5-10-18/h8,12-13,18H,4-6,9-11H2,1-2H3,(H,17,19). The van der Waals surface area contributed by atoms with Crippen LogP contribution >= 0.6 is 11.3 Å². The Morgan fingerprint density at radius 2 is 2.29 bits per heavy atom. The summed E-state index contributed by atoms with van der Waals surface area (Å²) in [7, 11) is 0. The Bertz CT molecular complexity index is 485. The van der Waals surface area contributed by atoms with Crippen LogP contribution in [0, 0.1) is 11.8 Å². The molecule has 1 amide bonds. The second kappa shape index (κ2) is 10.4. The van der Waals surface area contributed by atoms with Gasteiger partial charge in [0.2, 0.25) is 0 Å². The van der Waals surface area contributed by atoms with E-state index in [9.17, 15) is 4.79 Å². The minimum absolute atomic E-state index is 0.0388. The molecule has 4 nitrogen and oxygen atoms in total. The second-order valence-electron chi connectivity index (χ2n) is 4.82. The number of aliphatic hydroxyl groups excluding tert-OH is 1. The smallest absolute Gasteiger partial charge is 0.262 e. The molecular weight excluding hydrogens is 286 g/mol. The Hall–Kier alpha value is -1.35. The normalized spacial score (nSPS) is 10.3. The van der Waals surface area contributed by atoms with Gasteiger partial charge in [0.05, 0.1) is 12.7 Å². The van der Waals surface area contributed by atoms with Gasteiger partial charge in [-0.3, -0.25) is 4.79 Å². The van der Waals surface area contributed by atoms with Gasteiger partial charge in [0, 0.05) is 25.1 Å². The fourth-order valence-electron chi connectivity index (χ4n) is 1.63. The highest BCUT2D eigenvalue weighted by Gasteiger charge is 2.10. The van der Waals surface area contributed by atoms with Crippen molar-refractivity contribution in [2.75, 3.05) is 19.8 Å².